The van der Waals surface area contributed by atoms with E-state index in [1.54, 1.807) is 12.1 Å². The number of amides is 1. The minimum atomic E-state index is -1.71. The fourth-order valence-electron chi connectivity index (χ4n) is 2.48. The van der Waals surface area contributed by atoms with Gasteiger partial charge in [0.25, 0.3) is 0 Å². The first kappa shape index (κ1) is 19.3. The average molecular weight is 357 g/mol. The summed E-state index contributed by atoms with van der Waals surface area (Å²) in [6.07, 6.45) is -0.176. The van der Waals surface area contributed by atoms with Crippen LogP contribution in [0.15, 0.2) is 48.5 Å². The zero-order valence-electron chi connectivity index (χ0n) is 14.6. The maximum Gasteiger partial charge on any atom is 0.333 e. The molecule has 2 aromatic rings. The lowest BCUT2D eigenvalue weighted by atomic mass is 9.91. The van der Waals surface area contributed by atoms with E-state index >= 15 is 0 Å². The lowest BCUT2D eigenvalue weighted by molar-refractivity contribution is -0.147. The van der Waals surface area contributed by atoms with Gasteiger partial charge in [0.15, 0.2) is 11.3 Å². The summed E-state index contributed by atoms with van der Waals surface area (Å²) >= 11 is 0. The second kappa shape index (κ2) is 7.91. The number of benzene rings is 2. The number of rotatable bonds is 7. The molecule has 2 aromatic carbocycles. The van der Waals surface area contributed by atoms with E-state index < -0.39 is 23.2 Å². The van der Waals surface area contributed by atoms with Crippen LogP contribution >= 0.6 is 0 Å². The van der Waals surface area contributed by atoms with Crippen molar-refractivity contribution in [2.45, 2.75) is 32.2 Å². The first-order chi connectivity index (χ1) is 12.2. The first-order valence-electron chi connectivity index (χ1n) is 8.12. The van der Waals surface area contributed by atoms with Crippen LogP contribution in [0.5, 0.6) is 0 Å². The number of carboxylic acids is 1. The van der Waals surface area contributed by atoms with Crippen molar-refractivity contribution >= 4 is 17.7 Å². The molecule has 2 rings (SSSR count). The van der Waals surface area contributed by atoms with Gasteiger partial charge in [0.2, 0.25) is 5.91 Å². The molecule has 0 bridgehead atoms. The number of nitrogens with one attached hydrogen (secondary N) is 1. The van der Waals surface area contributed by atoms with Gasteiger partial charge in [-0.2, -0.15) is 0 Å². The number of aryl methyl sites for hydroxylation is 1. The molecule has 136 valence electrons. The summed E-state index contributed by atoms with van der Waals surface area (Å²) in [5.41, 5.74) is 0.0564. The highest BCUT2D eigenvalue weighted by molar-refractivity contribution is 5.98. The van der Waals surface area contributed by atoms with Crippen molar-refractivity contribution in [1.29, 1.82) is 0 Å². The predicted molar refractivity (Wildman–Crippen MR) is 94.3 cm³/mol. The smallest absolute Gasteiger partial charge is 0.333 e. The van der Waals surface area contributed by atoms with Crippen molar-refractivity contribution in [3.8, 4) is 0 Å². The number of Topliss-reactive ketones (excluding diaryl/α,β-unsaturated/α-hetero) is 1. The molecule has 2 N–H and O–H groups in total. The van der Waals surface area contributed by atoms with Gasteiger partial charge in [-0.25, -0.2) is 9.18 Å². The molecule has 0 fully saturated rings. The molecular weight excluding hydrogens is 337 g/mol. The molecular formula is C20H20FNO4. The molecule has 0 saturated heterocycles. The van der Waals surface area contributed by atoms with Gasteiger partial charge >= 0.3 is 5.97 Å². The zero-order chi connectivity index (χ0) is 19.3. The van der Waals surface area contributed by atoms with Crippen LogP contribution < -0.4 is 5.32 Å². The summed E-state index contributed by atoms with van der Waals surface area (Å²) in [7, 11) is 0. The van der Waals surface area contributed by atoms with Gasteiger partial charge in [-0.15, -0.1) is 0 Å². The summed E-state index contributed by atoms with van der Waals surface area (Å²) in [5, 5.41) is 11.9. The molecule has 0 aliphatic heterocycles. The number of carbonyl (C=O) groups excluding carboxylic acids is 2. The Kier molecular flexibility index (Phi) is 5.87. The molecule has 0 aliphatic rings. The summed E-state index contributed by atoms with van der Waals surface area (Å²) in [5.74, 6) is -2.54. The number of hydrogen-bond donors (Lipinski definition) is 2. The van der Waals surface area contributed by atoms with Crippen molar-refractivity contribution in [3.05, 3.63) is 71.0 Å². The van der Waals surface area contributed by atoms with Crippen LogP contribution in [-0.2, 0) is 15.1 Å². The van der Waals surface area contributed by atoms with Crippen LogP contribution in [0.1, 0.15) is 41.3 Å². The van der Waals surface area contributed by atoms with Crippen LogP contribution in [0.25, 0.3) is 0 Å². The minimum Gasteiger partial charge on any atom is -0.479 e. The van der Waals surface area contributed by atoms with E-state index in [9.17, 15) is 23.9 Å². The molecule has 0 aliphatic carbocycles. The van der Waals surface area contributed by atoms with E-state index in [1.807, 2.05) is 19.1 Å². The van der Waals surface area contributed by atoms with Crippen molar-refractivity contribution < 1.29 is 23.9 Å². The van der Waals surface area contributed by atoms with E-state index in [0.29, 0.717) is 5.56 Å². The zero-order valence-corrected chi connectivity index (χ0v) is 14.6. The largest absolute Gasteiger partial charge is 0.479 e. The SMILES string of the molecule is Cc1ccc(C(=O)CCC(=O)NC(C)(C(=O)O)c2ccc(F)cc2)cc1. The maximum atomic E-state index is 13.1. The number of hydrogen-bond acceptors (Lipinski definition) is 3. The average Bonchev–Trinajstić information content (AvgIpc) is 2.60. The lowest BCUT2D eigenvalue weighted by Crippen LogP contribution is -2.49. The molecule has 0 radical (unpaired) electrons. The normalized spacial score (nSPS) is 12.9. The topological polar surface area (TPSA) is 83.5 Å². The van der Waals surface area contributed by atoms with E-state index in [2.05, 4.69) is 5.32 Å². The van der Waals surface area contributed by atoms with Crippen LogP contribution in [-0.4, -0.2) is 22.8 Å². The van der Waals surface area contributed by atoms with E-state index in [0.717, 1.165) is 17.7 Å². The molecule has 26 heavy (non-hydrogen) atoms. The minimum absolute atomic E-state index is 0.0337. The molecule has 0 saturated carbocycles. The van der Waals surface area contributed by atoms with E-state index in [4.69, 9.17) is 0 Å². The Morgan fingerprint density at radius 1 is 1.00 bits per heavy atom. The Bertz CT molecular complexity index is 815. The Morgan fingerprint density at radius 3 is 2.12 bits per heavy atom. The van der Waals surface area contributed by atoms with Gasteiger partial charge in [0.05, 0.1) is 0 Å². The Morgan fingerprint density at radius 2 is 1.58 bits per heavy atom. The lowest BCUT2D eigenvalue weighted by Gasteiger charge is -2.26. The molecule has 0 heterocycles. The standard InChI is InChI=1S/C20H20FNO4/c1-13-3-5-14(6-4-13)17(23)11-12-18(24)22-20(2,19(25)26)15-7-9-16(21)10-8-15/h3-10H,11-12H2,1-2H3,(H,22,24)(H,25,26). The third-order valence-corrected chi connectivity index (χ3v) is 4.19. The van der Waals surface area contributed by atoms with Gasteiger partial charge in [0.1, 0.15) is 5.82 Å². The third-order valence-electron chi connectivity index (χ3n) is 4.19. The Balaban J connectivity index is 2.03. The monoisotopic (exact) mass is 357 g/mol. The van der Waals surface area contributed by atoms with Gasteiger partial charge in [-0.3, -0.25) is 9.59 Å². The van der Waals surface area contributed by atoms with Gasteiger partial charge in [-0.05, 0) is 31.5 Å². The summed E-state index contributed by atoms with van der Waals surface area (Å²) in [6, 6.07) is 11.9. The number of carboxylic acid groups (broad SMARTS) is 1. The second-order valence-electron chi connectivity index (χ2n) is 6.27. The molecule has 1 unspecified atom stereocenters. The van der Waals surface area contributed by atoms with E-state index in [-0.39, 0.29) is 24.2 Å². The number of aliphatic carboxylic acids is 1. The van der Waals surface area contributed by atoms with E-state index in [1.165, 1.54) is 19.1 Å². The van der Waals surface area contributed by atoms with Crippen molar-refractivity contribution in [2.24, 2.45) is 0 Å². The summed E-state index contributed by atoms with van der Waals surface area (Å²) in [6.45, 7) is 3.23. The second-order valence-corrected chi connectivity index (χ2v) is 6.27. The number of ketones is 1. The molecule has 1 atom stereocenters. The van der Waals surface area contributed by atoms with Gasteiger partial charge in [-0.1, -0.05) is 42.0 Å². The molecule has 1 amide bonds. The highest BCUT2D eigenvalue weighted by Gasteiger charge is 2.36. The fraction of sp³-hybridized carbons (Fsp3) is 0.250. The number of carbonyl (C=O) groups is 3. The van der Waals surface area contributed by atoms with Gasteiger partial charge < -0.3 is 10.4 Å². The first-order valence-corrected chi connectivity index (χ1v) is 8.12. The summed E-state index contributed by atoms with van der Waals surface area (Å²) in [4.78, 5) is 36.0. The molecule has 0 aromatic heterocycles. The van der Waals surface area contributed by atoms with Crippen molar-refractivity contribution in [1.82, 2.24) is 5.32 Å². The van der Waals surface area contributed by atoms with Crippen LogP contribution in [0, 0.1) is 12.7 Å². The highest BCUT2D eigenvalue weighted by Crippen LogP contribution is 2.22. The van der Waals surface area contributed by atoms with Crippen LogP contribution in [0.2, 0.25) is 0 Å². The molecule has 5 nitrogen and oxygen atoms in total. The highest BCUT2D eigenvalue weighted by atomic mass is 19.1. The number of halogens is 1. The molecule has 6 heteroatoms. The fourth-order valence-corrected chi connectivity index (χ4v) is 2.48. The molecule has 0 spiro atoms. The Hall–Kier alpha value is -3.02. The quantitative estimate of drug-likeness (QED) is 0.746. The third kappa shape index (κ3) is 4.53. The predicted octanol–water partition coefficient (Wildman–Crippen LogP) is 3.21. The maximum absolute atomic E-state index is 13.1. The van der Waals surface area contributed by atoms with Gasteiger partial charge in [0, 0.05) is 18.4 Å². The van der Waals surface area contributed by atoms with Crippen LogP contribution in [0.4, 0.5) is 4.39 Å². The van der Waals surface area contributed by atoms with Crippen LogP contribution in [0.3, 0.4) is 0 Å². The Labute approximate surface area is 150 Å². The van der Waals surface area contributed by atoms with Crippen molar-refractivity contribution in [2.75, 3.05) is 0 Å². The van der Waals surface area contributed by atoms with Crippen molar-refractivity contribution in [3.63, 3.8) is 0 Å². The summed E-state index contributed by atoms with van der Waals surface area (Å²) < 4.78 is 13.1.